The van der Waals surface area contributed by atoms with E-state index in [4.69, 9.17) is 11.6 Å². The van der Waals surface area contributed by atoms with Crippen molar-refractivity contribution in [3.63, 3.8) is 0 Å². The number of nitrogens with one attached hydrogen (secondary N) is 1. The Bertz CT molecular complexity index is 370. The first-order valence-electron chi connectivity index (χ1n) is 5.89. The quantitative estimate of drug-likeness (QED) is 0.779. The molecule has 16 heavy (non-hydrogen) atoms. The lowest BCUT2D eigenvalue weighted by molar-refractivity contribution is 0.566. The molecule has 0 saturated heterocycles. The van der Waals surface area contributed by atoms with Gasteiger partial charge in [0.2, 0.25) is 0 Å². The highest BCUT2D eigenvalue weighted by Crippen LogP contribution is 2.34. The van der Waals surface area contributed by atoms with Crippen molar-refractivity contribution in [2.75, 3.05) is 7.05 Å². The molecule has 0 bridgehead atoms. The SMILES string of the molecule is CNC(CC1=CCCCC1)c1sccc1Cl. The summed E-state index contributed by atoms with van der Waals surface area (Å²) in [6.07, 6.45) is 8.74. The molecule has 1 aliphatic rings. The van der Waals surface area contributed by atoms with Gasteiger partial charge >= 0.3 is 0 Å². The third-order valence-electron chi connectivity index (χ3n) is 3.16. The number of hydrogen-bond acceptors (Lipinski definition) is 2. The summed E-state index contributed by atoms with van der Waals surface area (Å²) in [6.45, 7) is 0. The van der Waals surface area contributed by atoms with E-state index < -0.39 is 0 Å². The molecule has 1 aliphatic carbocycles. The molecule has 1 nitrogen and oxygen atoms in total. The van der Waals surface area contributed by atoms with Crippen molar-refractivity contribution in [2.45, 2.75) is 38.1 Å². The molecule has 1 heterocycles. The maximum absolute atomic E-state index is 6.18. The highest BCUT2D eigenvalue weighted by molar-refractivity contribution is 7.10. The van der Waals surface area contributed by atoms with Gasteiger partial charge in [-0.05, 0) is 50.6 Å². The van der Waals surface area contributed by atoms with E-state index in [1.807, 2.05) is 13.1 Å². The van der Waals surface area contributed by atoms with Crippen LogP contribution in [-0.4, -0.2) is 7.05 Å². The number of allylic oxidation sites excluding steroid dienone is 1. The summed E-state index contributed by atoms with van der Waals surface area (Å²) in [5.74, 6) is 0. The molecule has 1 aromatic heterocycles. The van der Waals surface area contributed by atoms with Crippen LogP contribution in [-0.2, 0) is 0 Å². The van der Waals surface area contributed by atoms with Gasteiger partial charge in [0.15, 0.2) is 0 Å². The summed E-state index contributed by atoms with van der Waals surface area (Å²) in [5.41, 5.74) is 1.59. The minimum absolute atomic E-state index is 0.386. The minimum Gasteiger partial charge on any atom is -0.312 e. The lowest BCUT2D eigenvalue weighted by Crippen LogP contribution is -2.16. The number of hydrogen-bond donors (Lipinski definition) is 1. The summed E-state index contributed by atoms with van der Waals surface area (Å²) in [4.78, 5) is 1.27. The Morgan fingerprint density at radius 3 is 2.94 bits per heavy atom. The Balaban J connectivity index is 2.06. The van der Waals surface area contributed by atoms with E-state index in [0.29, 0.717) is 6.04 Å². The van der Waals surface area contributed by atoms with Crippen LogP contribution in [0.2, 0.25) is 5.02 Å². The number of thiophene rings is 1. The van der Waals surface area contributed by atoms with Crippen molar-refractivity contribution < 1.29 is 0 Å². The highest BCUT2D eigenvalue weighted by atomic mass is 35.5. The van der Waals surface area contributed by atoms with Gasteiger partial charge in [-0.15, -0.1) is 11.3 Å². The fourth-order valence-corrected chi connectivity index (χ4v) is 3.53. The van der Waals surface area contributed by atoms with Crippen molar-refractivity contribution in [1.29, 1.82) is 0 Å². The molecule has 0 fully saturated rings. The Hall–Kier alpha value is -0.310. The van der Waals surface area contributed by atoms with Gasteiger partial charge in [-0.25, -0.2) is 0 Å². The van der Waals surface area contributed by atoms with Gasteiger partial charge in [-0.2, -0.15) is 0 Å². The normalized spacial score (nSPS) is 18.2. The van der Waals surface area contributed by atoms with Gasteiger partial charge in [0.25, 0.3) is 0 Å². The summed E-state index contributed by atoms with van der Waals surface area (Å²) < 4.78 is 0. The molecule has 0 aromatic carbocycles. The van der Waals surface area contributed by atoms with Gasteiger partial charge in [0.05, 0.1) is 5.02 Å². The maximum Gasteiger partial charge on any atom is 0.0561 e. The zero-order valence-electron chi connectivity index (χ0n) is 9.63. The molecule has 1 unspecified atom stereocenters. The van der Waals surface area contributed by atoms with E-state index >= 15 is 0 Å². The molecule has 1 aromatic rings. The van der Waals surface area contributed by atoms with Crippen LogP contribution < -0.4 is 5.32 Å². The average molecular weight is 256 g/mol. The lowest BCUT2D eigenvalue weighted by atomic mass is 9.94. The second-order valence-corrected chi connectivity index (χ2v) is 5.64. The van der Waals surface area contributed by atoms with E-state index in [1.165, 1.54) is 30.6 Å². The summed E-state index contributed by atoms with van der Waals surface area (Å²) in [5, 5.41) is 6.35. The third kappa shape index (κ3) is 2.88. The molecule has 3 heteroatoms. The third-order valence-corrected chi connectivity index (χ3v) is 4.63. The van der Waals surface area contributed by atoms with Crippen LogP contribution in [0.1, 0.15) is 43.0 Å². The fraction of sp³-hybridized carbons (Fsp3) is 0.538. The van der Waals surface area contributed by atoms with Crippen molar-refractivity contribution in [1.82, 2.24) is 5.32 Å². The van der Waals surface area contributed by atoms with E-state index in [0.717, 1.165) is 11.4 Å². The second-order valence-electron chi connectivity index (χ2n) is 4.29. The molecule has 2 rings (SSSR count). The van der Waals surface area contributed by atoms with Crippen LogP contribution in [0.5, 0.6) is 0 Å². The topological polar surface area (TPSA) is 12.0 Å². The predicted octanol–water partition coefficient (Wildman–Crippen LogP) is 4.55. The van der Waals surface area contributed by atoms with E-state index in [2.05, 4.69) is 16.8 Å². The smallest absolute Gasteiger partial charge is 0.0561 e. The Morgan fingerprint density at radius 1 is 1.50 bits per heavy atom. The van der Waals surface area contributed by atoms with Crippen molar-refractivity contribution in [3.05, 3.63) is 33.0 Å². The summed E-state index contributed by atoms with van der Waals surface area (Å²) in [7, 11) is 2.02. The predicted molar refractivity (Wildman–Crippen MR) is 72.3 cm³/mol. The van der Waals surface area contributed by atoms with Crippen molar-refractivity contribution >= 4 is 22.9 Å². The molecule has 0 saturated carbocycles. The average Bonchev–Trinajstić information content (AvgIpc) is 2.74. The van der Waals surface area contributed by atoms with Gasteiger partial charge in [0, 0.05) is 10.9 Å². The van der Waals surface area contributed by atoms with Gasteiger partial charge < -0.3 is 5.32 Å². The van der Waals surface area contributed by atoms with Crippen LogP contribution in [0.15, 0.2) is 23.1 Å². The second kappa shape index (κ2) is 5.85. The Morgan fingerprint density at radius 2 is 2.38 bits per heavy atom. The first-order valence-corrected chi connectivity index (χ1v) is 7.15. The zero-order chi connectivity index (χ0) is 11.4. The molecule has 1 N–H and O–H groups in total. The van der Waals surface area contributed by atoms with Gasteiger partial charge in [0.1, 0.15) is 0 Å². The molecule has 0 aliphatic heterocycles. The molecule has 0 amide bonds. The zero-order valence-corrected chi connectivity index (χ0v) is 11.2. The summed E-state index contributed by atoms with van der Waals surface area (Å²) in [6, 6.07) is 2.37. The Kier molecular flexibility index (Phi) is 4.45. The van der Waals surface area contributed by atoms with E-state index in [-0.39, 0.29) is 0 Å². The van der Waals surface area contributed by atoms with Crippen LogP contribution in [0.3, 0.4) is 0 Å². The van der Waals surface area contributed by atoms with Crippen LogP contribution in [0.25, 0.3) is 0 Å². The molecule has 1 atom stereocenters. The van der Waals surface area contributed by atoms with Crippen molar-refractivity contribution in [3.8, 4) is 0 Å². The maximum atomic E-state index is 6.18. The van der Waals surface area contributed by atoms with Gasteiger partial charge in [-0.3, -0.25) is 0 Å². The minimum atomic E-state index is 0.386. The number of rotatable bonds is 4. The van der Waals surface area contributed by atoms with Gasteiger partial charge in [-0.1, -0.05) is 23.3 Å². The molecule has 0 radical (unpaired) electrons. The summed E-state index contributed by atoms with van der Waals surface area (Å²) >= 11 is 7.93. The van der Waals surface area contributed by atoms with Crippen molar-refractivity contribution in [2.24, 2.45) is 0 Å². The van der Waals surface area contributed by atoms with Crippen LogP contribution >= 0.6 is 22.9 Å². The highest BCUT2D eigenvalue weighted by Gasteiger charge is 2.16. The fourth-order valence-electron chi connectivity index (χ4n) is 2.23. The number of halogens is 1. The van der Waals surface area contributed by atoms with Crippen LogP contribution in [0, 0.1) is 0 Å². The molecular formula is C13H18ClNS. The monoisotopic (exact) mass is 255 g/mol. The first-order chi connectivity index (χ1) is 7.81. The van der Waals surface area contributed by atoms with Crippen LogP contribution in [0.4, 0.5) is 0 Å². The van der Waals surface area contributed by atoms with E-state index in [9.17, 15) is 0 Å². The molecule has 0 spiro atoms. The standard InChI is InChI=1S/C13H18ClNS/c1-15-12(13-11(14)7-8-16-13)9-10-5-3-2-4-6-10/h5,7-8,12,15H,2-4,6,9H2,1H3. The largest absolute Gasteiger partial charge is 0.312 e. The molecule has 88 valence electrons. The van der Waals surface area contributed by atoms with E-state index in [1.54, 1.807) is 16.9 Å². The Labute approximate surface area is 107 Å². The molecular weight excluding hydrogens is 238 g/mol. The lowest BCUT2D eigenvalue weighted by Gasteiger charge is -2.19. The first kappa shape index (κ1) is 12.2.